The topological polar surface area (TPSA) is 140 Å². The van der Waals surface area contributed by atoms with Gasteiger partial charge in [0.1, 0.15) is 29.3 Å². The van der Waals surface area contributed by atoms with Crippen LogP contribution in [0.3, 0.4) is 0 Å². The Hall–Kier alpha value is -3.44. The van der Waals surface area contributed by atoms with Crippen LogP contribution in [0.4, 0.5) is 5.13 Å². The maximum absolute atomic E-state index is 13.0. The van der Waals surface area contributed by atoms with E-state index in [1.54, 1.807) is 7.11 Å². The van der Waals surface area contributed by atoms with Crippen LogP contribution in [0.1, 0.15) is 47.0 Å². The SMILES string of the molecule is COc1ccc2c(OC3CC(C(=O)O)N(C(=O)C[C@@H](N)CC(C)C)C3)cc(-c3csc(NC(C)C)n3)nc2c1. The van der Waals surface area contributed by atoms with Crippen LogP contribution in [0.2, 0.25) is 0 Å². The number of benzene rings is 1. The van der Waals surface area contributed by atoms with Gasteiger partial charge in [0, 0.05) is 47.8 Å². The highest BCUT2D eigenvalue weighted by Gasteiger charge is 2.41. The fourth-order valence-electron chi connectivity index (χ4n) is 4.84. The van der Waals surface area contributed by atoms with Gasteiger partial charge in [-0.15, -0.1) is 11.3 Å². The molecule has 0 bridgehead atoms. The fraction of sp³-hybridized carbons (Fsp3) is 0.500. The Morgan fingerprint density at radius 2 is 1.97 bits per heavy atom. The van der Waals surface area contributed by atoms with Crippen molar-refractivity contribution in [1.29, 1.82) is 0 Å². The highest BCUT2D eigenvalue weighted by molar-refractivity contribution is 7.14. The van der Waals surface area contributed by atoms with Crippen LogP contribution in [0, 0.1) is 5.92 Å². The molecule has 0 aliphatic carbocycles. The third kappa shape index (κ3) is 6.96. The van der Waals surface area contributed by atoms with Crippen molar-refractivity contribution >= 4 is 39.2 Å². The average molecular weight is 556 g/mol. The van der Waals surface area contributed by atoms with E-state index in [2.05, 4.69) is 10.3 Å². The Morgan fingerprint density at radius 3 is 2.64 bits per heavy atom. The van der Waals surface area contributed by atoms with Gasteiger partial charge >= 0.3 is 5.97 Å². The van der Waals surface area contributed by atoms with E-state index >= 15 is 0 Å². The number of carbonyl (C=O) groups is 2. The maximum atomic E-state index is 13.0. The molecular formula is C28H37N5O5S. The lowest BCUT2D eigenvalue weighted by molar-refractivity contribution is -0.148. The average Bonchev–Trinajstić information content (AvgIpc) is 3.50. The Bertz CT molecular complexity index is 1330. The van der Waals surface area contributed by atoms with E-state index in [0.717, 1.165) is 10.5 Å². The molecule has 1 aromatic carbocycles. The number of carbonyl (C=O) groups excluding carboxylic acids is 1. The van der Waals surface area contributed by atoms with E-state index in [9.17, 15) is 14.7 Å². The van der Waals surface area contributed by atoms with Gasteiger partial charge in [0.2, 0.25) is 5.91 Å². The second-order valence-electron chi connectivity index (χ2n) is 10.7. The van der Waals surface area contributed by atoms with Gasteiger partial charge in [0.15, 0.2) is 5.13 Å². The smallest absolute Gasteiger partial charge is 0.326 e. The first-order valence-electron chi connectivity index (χ1n) is 13.2. The first-order chi connectivity index (χ1) is 18.5. The standard InChI is InChI=1S/C28H37N5O5S/c1-15(2)8-17(29)9-26(34)33-13-19(11-24(33)27(35)36)38-25-12-22(23-14-39-28(32-23)30-16(3)4)31-21-10-18(37-5)6-7-20(21)25/h6-7,10,12,14-17,19,24H,8-9,11,13,29H2,1-5H3,(H,30,32)(H,35,36)/t17-,19?,24?/m0/s1. The molecule has 4 N–H and O–H groups in total. The van der Waals surface area contributed by atoms with Crippen LogP contribution in [0.25, 0.3) is 22.3 Å². The van der Waals surface area contributed by atoms with Crippen LogP contribution in [0.15, 0.2) is 29.6 Å². The van der Waals surface area contributed by atoms with Gasteiger partial charge in [-0.3, -0.25) is 4.79 Å². The monoisotopic (exact) mass is 555 g/mol. The minimum Gasteiger partial charge on any atom is -0.497 e. The van der Waals surface area contributed by atoms with Crippen molar-refractivity contribution in [2.45, 2.75) is 71.2 Å². The van der Waals surface area contributed by atoms with Crippen molar-refractivity contribution in [2.75, 3.05) is 19.0 Å². The number of carboxylic acid groups (broad SMARTS) is 1. The number of hydrogen-bond acceptors (Lipinski definition) is 9. The molecule has 3 atom stereocenters. The van der Waals surface area contributed by atoms with E-state index in [1.807, 2.05) is 57.3 Å². The lowest BCUT2D eigenvalue weighted by Gasteiger charge is -2.23. The zero-order chi connectivity index (χ0) is 28.3. The number of thiazole rings is 1. The fourth-order valence-corrected chi connectivity index (χ4v) is 5.69. The van der Waals surface area contributed by atoms with Gasteiger partial charge in [0.05, 0.1) is 24.9 Å². The number of hydrogen-bond donors (Lipinski definition) is 3. The van der Waals surface area contributed by atoms with Crippen molar-refractivity contribution in [2.24, 2.45) is 11.7 Å². The summed E-state index contributed by atoms with van der Waals surface area (Å²) in [7, 11) is 1.59. The van der Waals surface area contributed by atoms with E-state index in [4.69, 9.17) is 20.2 Å². The van der Waals surface area contributed by atoms with E-state index < -0.39 is 18.1 Å². The number of methoxy groups -OCH3 is 1. The third-order valence-corrected chi connectivity index (χ3v) is 7.30. The third-order valence-electron chi connectivity index (χ3n) is 6.53. The number of pyridine rings is 1. The normalized spacial score (nSPS) is 18.1. The molecule has 1 amide bonds. The van der Waals surface area contributed by atoms with Crippen molar-refractivity contribution < 1.29 is 24.2 Å². The summed E-state index contributed by atoms with van der Waals surface area (Å²) in [6, 6.07) is 6.29. The Labute approximate surface area is 232 Å². The molecule has 3 heterocycles. The van der Waals surface area contributed by atoms with Gasteiger partial charge < -0.3 is 30.5 Å². The summed E-state index contributed by atoms with van der Waals surface area (Å²) in [5, 5.41) is 16.6. The summed E-state index contributed by atoms with van der Waals surface area (Å²) in [6.07, 6.45) is 0.463. The van der Waals surface area contributed by atoms with Crippen LogP contribution in [-0.2, 0) is 9.59 Å². The number of aromatic nitrogens is 2. The van der Waals surface area contributed by atoms with Gasteiger partial charge in [-0.05, 0) is 38.3 Å². The highest BCUT2D eigenvalue weighted by Crippen LogP contribution is 2.35. The van der Waals surface area contributed by atoms with E-state index in [1.165, 1.54) is 16.2 Å². The molecule has 2 aromatic heterocycles. The second-order valence-corrected chi connectivity index (χ2v) is 11.6. The largest absolute Gasteiger partial charge is 0.497 e. The Kier molecular flexibility index (Phi) is 8.91. The molecule has 0 spiro atoms. The number of likely N-dealkylation sites (tertiary alicyclic amines) is 1. The van der Waals surface area contributed by atoms with Crippen molar-refractivity contribution in [1.82, 2.24) is 14.9 Å². The van der Waals surface area contributed by atoms with Crippen molar-refractivity contribution in [3.8, 4) is 22.9 Å². The number of carboxylic acids is 1. The summed E-state index contributed by atoms with van der Waals surface area (Å²) >= 11 is 1.49. The highest BCUT2D eigenvalue weighted by atomic mass is 32.1. The quantitative estimate of drug-likeness (QED) is 0.314. The molecule has 39 heavy (non-hydrogen) atoms. The summed E-state index contributed by atoms with van der Waals surface area (Å²) in [5.41, 5.74) is 8.14. The van der Waals surface area contributed by atoms with Crippen LogP contribution in [0.5, 0.6) is 11.5 Å². The molecule has 0 saturated carbocycles. The van der Waals surface area contributed by atoms with Crippen LogP contribution in [-0.4, -0.2) is 69.7 Å². The summed E-state index contributed by atoms with van der Waals surface area (Å²) in [6.45, 7) is 8.34. The zero-order valence-corrected chi connectivity index (χ0v) is 23.8. The molecule has 1 aliphatic heterocycles. The Balaban J connectivity index is 1.62. The van der Waals surface area contributed by atoms with E-state index in [0.29, 0.717) is 40.7 Å². The summed E-state index contributed by atoms with van der Waals surface area (Å²) in [5.74, 6) is 0.230. The number of ether oxygens (including phenoxy) is 2. The van der Waals surface area contributed by atoms with Crippen LogP contribution < -0.4 is 20.5 Å². The first-order valence-corrected chi connectivity index (χ1v) is 14.1. The molecule has 210 valence electrons. The van der Waals surface area contributed by atoms with Gasteiger partial charge in [0.25, 0.3) is 0 Å². The lowest BCUT2D eigenvalue weighted by atomic mass is 10.0. The molecule has 2 unspecified atom stereocenters. The van der Waals surface area contributed by atoms with Crippen LogP contribution >= 0.6 is 11.3 Å². The zero-order valence-electron chi connectivity index (χ0n) is 23.0. The molecule has 1 aliphatic rings. The number of fused-ring (bicyclic) bond motifs is 1. The maximum Gasteiger partial charge on any atom is 0.326 e. The predicted molar refractivity (Wildman–Crippen MR) is 152 cm³/mol. The number of aliphatic carboxylic acids is 1. The molecule has 4 rings (SSSR count). The lowest BCUT2D eigenvalue weighted by Crippen LogP contribution is -2.43. The van der Waals surface area contributed by atoms with Crippen molar-refractivity contribution in [3.63, 3.8) is 0 Å². The van der Waals surface area contributed by atoms with Crippen molar-refractivity contribution in [3.05, 3.63) is 29.6 Å². The number of amides is 1. The molecule has 1 saturated heterocycles. The minimum absolute atomic E-state index is 0.105. The van der Waals surface area contributed by atoms with Gasteiger partial charge in [-0.25, -0.2) is 14.8 Å². The first kappa shape index (κ1) is 28.6. The number of anilines is 1. The van der Waals surface area contributed by atoms with Gasteiger partial charge in [-0.1, -0.05) is 13.8 Å². The molecule has 3 aromatic rings. The molecular weight excluding hydrogens is 518 g/mol. The molecule has 0 radical (unpaired) electrons. The summed E-state index contributed by atoms with van der Waals surface area (Å²) in [4.78, 5) is 36.0. The molecule has 1 fully saturated rings. The predicted octanol–water partition coefficient (Wildman–Crippen LogP) is 4.38. The molecule has 11 heteroatoms. The Morgan fingerprint density at radius 1 is 1.21 bits per heavy atom. The summed E-state index contributed by atoms with van der Waals surface area (Å²) < 4.78 is 11.8. The number of nitrogens with two attached hydrogens (primary N) is 1. The van der Waals surface area contributed by atoms with Gasteiger partial charge in [-0.2, -0.15) is 0 Å². The number of nitrogens with zero attached hydrogens (tertiary/aromatic N) is 3. The number of rotatable bonds is 11. The molecule has 10 nitrogen and oxygen atoms in total. The minimum atomic E-state index is -1.05. The number of nitrogens with one attached hydrogen (secondary N) is 1. The second kappa shape index (κ2) is 12.2. The van der Waals surface area contributed by atoms with E-state index in [-0.39, 0.29) is 37.4 Å².